The molecule has 1 aliphatic rings. The summed E-state index contributed by atoms with van der Waals surface area (Å²) >= 11 is 0. The number of fused-ring (bicyclic) bond motifs is 3. The average molecular weight is 452 g/mol. The van der Waals surface area contributed by atoms with Crippen molar-refractivity contribution in [2.75, 3.05) is 20.3 Å². The number of rotatable bonds is 7. The summed E-state index contributed by atoms with van der Waals surface area (Å²) in [6.07, 6.45) is 5.52. The number of benzene rings is 1. The number of aliphatic hydroxyl groups is 1. The molecule has 1 aromatic carbocycles. The highest BCUT2D eigenvalue weighted by Crippen LogP contribution is 2.33. The van der Waals surface area contributed by atoms with Crippen molar-refractivity contribution in [3.63, 3.8) is 0 Å². The third kappa shape index (κ3) is 5.16. The molecular formula is C26H37N5O2. The number of nitrogens with two attached hydrogens (primary N) is 2. The molecule has 7 nitrogen and oxygen atoms in total. The number of nitrogens with zero attached hydrogens (tertiary/aromatic N) is 3. The summed E-state index contributed by atoms with van der Waals surface area (Å²) in [5.41, 5.74) is 12.3. The highest BCUT2D eigenvalue weighted by atomic mass is 16.5. The molecule has 0 amide bonds. The van der Waals surface area contributed by atoms with E-state index in [1.807, 2.05) is 27.0 Å². The second-order valence-electron chi connectivity index (χ2n) is 10.1. The summed E-state index contributed by atoms with van der Waals surface area (Å²) in [5.74, 6) is 6.66. The van der Waals surface area contributed by atoms with Gasteiger partial charge in [0.15, 0.2) is 0 Å². The lowest BCUT2D eigenvalue weighted by Gasteiger charge is -2.23. The van der Waals surface area contributed by atoms with E-state index in [-0.39, 0.29) is 0 Å². The minimum absolute atomic E-state index is 0.569. The minimum Gasteiger partial charge on any atom is -0.401 e. The van der Waals surface area contributed by atoms with E-state index < -0.39 is 5.60 Å². The highest BCUT2D eigenvalue weighted by molar-refractivity contribution is 6.06. The van der Waals surface area contributed by atoms with Crippen LogP contribution in [-0.2, 0) is 17.7 Å². The Labute approximate surface area is 196 Å². The summed E-state index contributed by atoms with van der Waals surface area (Å²) in [7, 11) is 1.79. The number of ether oxygens (including phenoxy) is 1. The highest BCUT2D eigenvalue weighted by Gasteiger charge is 2.21. The number of hydrogen-bond acceptors (Lipinski definition) is 6. The first kappa shape index (κ1) is 23.5. The molecule has 178 valence electrons. The smallest absolute Gasteiger partial charge is 0.0960 e. The van der Waals surface area contributed by atoms with Crippen molar-refractivity contribution in [1.82, 2.24) is 14.6 Å². The summed E-state index contributed by atoms with van der Waals surface area (Å²) in [4.78, 5) is 4.89. The molecule has 0 atom stereocenters. The molecule has 3 heterocycles. The van der Waals surface area contributed by atoms with Crippen LogP contribution in [0.5, 0.6) is 0 Å². The Morgan fingerprint density at radius 1 is 1.24 bits per heavy atom. The van der Waals surface area contributed by atoms with Crippen molar-refractivity contribution >= 4 is 27.6 Å². The lowest BCUT2D eigenvalue weighted by molar-refractivity contribution is 0.0619. The van der Waals surface area contributed by atoms with E-state index >= 15 is 0 Å². The number of aromatic nitrogens is 2. The van der Waals surface area contributed by atoms with E-state index in [4.69, 9.17) is 21.3 Å². The van der Waals surface area contributed by atoms with Crippen LogP contribution in [0.15, 0.2) is 36.2 Å². The van der Waals surface area contributed by atoms with Gasteiger partial charge in [0.05, 0.1) is 27.8 Å². The molecule has 7 heteroatoms. The maximum absolute atomic E-state index is 10.2. The molecule has 1 aliphatic heterocycles. The molecule has 5 N–H and O–H groups in total. The van der Waals surface area contributed by atoms with Crippen molar-refractivity contribution in [2.24, 2.45) is 17.5 Å². The third-order valence-electron chi connectivity index (χ3n) is 6.57. The van der Waals surface area contributed by atoms with Gasteiger partial charge in [-0.3, -0.25) is 4.98 Å². The van der Waals surface area contributed by atoms with Crippen molar-refractivity contribution in [3.8, 4) is 0 Å². The van der Waals surface area contributed by atoms with Crippen molar-refractivity contribution < 1.29 is 9.84 Å². The fraction of sp³-hybridized carbons (Fsp3) is 0.500. The maximum Gasteiger partial charge on any atom is 0.0960 e. The monoisotopic (exact) mass is 451 g/mol. The Balaban J connectivity index is 1.85. The molecule has 1 saturated heterocycles. The zero-order chi connectivity index (χ0) is 23.8. The number of aryl methyl sites for hydroxylation is 1. The average Bonchev–Trinajstić information content (AvgIpc) is 3.04. The Morgan fingerprint density at radius 2 is 1.97 bits per heavy atom. The van der Waals surface area contributed by atoms with Crippen LogP contribution in [0.25, 0.3) is 27.6 Å². The predicted octanol–water partition coefficient (Wildman–Crippen LogP) is 3.77. The lowest BCUT2D eigenvalue weighted by Crippen LogP contribution is -2.26. The van der Waals surface area contributed by atoms with Gasteiger partial charge in [0, 0.05) is 49.6 Å². The SMILES string of the molecule is C/C(N)=C(\c1cnc2c3cc(CCC(C)(C)O)ccc3n(CC3CCOCC3)c2c1)N(C)N. The van der Waals surface area contributed by atoms with Gasteiger partial charge < -0.3 is 25.2 Å². The molecule has 0 aliphatic carbocycles. The first-order chi connectivity index (χ1) is 15.6. The topological polar surface area (TPSA) is 103 Å². The molecule has 0 bridgehead atoms. The third-order valence-corrected chi connectivity index (χ3v) is 6.57. The lowest BCUT2D eigenvalue weighted by atomic mass is 9.98. The van der Waals surface area contributed by atoms with Crippen LogP contribution in [0.1, 0.15) is 51.2 Å². The minimum atomic E-state index is -0.684. The molecule has 33 heavy (non-hydrogen) atoms. The van der Waals surface area contributed by atoms with Crippen molar-refractivity contribution in [3.05, 3.63) is 47.3 Å². The number of allylic oxidation sites excluding steroid dienone is 1. The number of hydrogen-bond donors (Lipinski definition) is 3. The first-order valence-corrected chi connectivity index (χ1v) is 11.8. The van der Waals surface area contributed by atoms with Crippen LogP contribution in [0.2, 0.25) is 0 Å². The Kier molecular flexibility index (Phi) is 6.66. The second-order valence-corrected chi connectivity index (χ2v) is 10.1. The van der Waals surface area contributed by atoms with Gasteiger partial charge in [-0.2, -0.15) is 0 Å². The Morgan fingerprint density at radius 3 is 2.61 bits per heavy atom. The normalized spacial score (nSPS) is 16.4. The quantitative estimate of drug-likeness (QED) is 0.373. The molecule has 1 fully saturated rings. The van der Waals surface area contributed by atoms with E-state index in [1.165, 1.54) is 11.1 Å². The van der Waals surface area contributed by atoms with Crippen molar-refractivity contribution in [1.29, 1.82) is 0 Å². The van der Waals surface area contributed by atoms with Gasteiger partial charge in [-0.1, -0.05) is 6.07 Å². The Hall–Kier alpha value is -2.61. The van der Waals surface area contributed by atoms with Gasteiger partial charge in [-0.05, 0) is 76.1 Å². The molecule has 0 saturated carbocycles. The van der Waals surface area contributed by atoms with E-state index in [0.717, 1.165) is 66.7 Å². The molecule has 0 radical (unpaired) electrons. The molecule has 0 unspecified atom stereocenters. The summed E-state index contributed by atoms with van der Waals surface area (Å²) in [5, 5.41) is 12.9. The number of hydrazine groups is 1. The molecule has 4 rings (SSSR count). The molecule has 0 spiro atoms. The number of pyridine rings is 1. The van der Waals surface area contributed by atoms with E-state index in [2.05, 4.69) is 28.8 Å². The largest absolute Gasteiger partial charge is 0.401 e. The second kappa shape index (κ2) is 9.33. The van der Waals surface area contributed by atoms with Gasteiger partial charge in [-0.25, -0.2) is 5.84 Å². The Bertz CT molecular complexity index is 1160. The molecular weight excluding hydrogens is 414 g/mol. The van der Waals surface area contributed by atoms with E-state index in [0.29, 0.717) is 18.0 Å². The van der Waals surface area contributed by atoms with Gasteiger partial charge in [-0.15, -0.1) is 0 Å². The van der Waals surface area contributed by atoms with Crippen molar-refractivity contribution in [2.45, 2.75) is 58.6 Å². The van der Waals surface area contributed by atoms with Crippen LogP contribution in [0.3, 0.4) is 0 Å². The zero-order valence-electron chi connectivity index (χ0n) is 20.3. The van der Waals surface area contributed by atoms with Gasteiger partial charge in [0.1, 0.15) is 0 Å². The summed E-state index contributed by atoms with van der Waals surface area (Å²) in [6, 6.07) is 8.77. The van der Waals surface area contributed by atoms with Gasteiger partial charge in [0.25, 0.3) is 0 Å². The van der Waals surface area contributed by atoms with E-state index in [1.54, 1.807) is 12.1 Å². The van der Waals surface area contributed by atoms with Gasteiger partial charge in [0.2, 0.25) is 0 Å². The first-order valence-electron chi connectivity index (χ1n) is 11.8. The fourth-order valence-electron chi connectivity index (χ4n) is 4.83. The standard InChI is InChI=1S/C26H37N5O2/c1-17(27)25(30(4)28)20-14-23-24(29-15-20)21-13-18(7-10-26(2,3)32)5-6-22(21)31(23)16-19-8-11-33-12-9-19/h5-6,13-15,19,32H,7-12,16,27-28H2,1-4H3/b25-17-. The molecule has 2 aromatic heterocycles. The zero-order valence-corrected chi connectivity index (χ0v) is 20.3. The maximum atomic E-state index is 10.2. The van der Waals surface area contributed by atoms with Crippen LogP contribution in [-0.4, -0.2) is 45.5 Å². The van der Waals surface area contributed by atoms with Crippen LogP contribution in [0.4, 0.5) is 0 Å². The fourth-order valence-corrected chi connectivity index (χ4v) is 4.83. The van der Waals surface area contributed by atoms with Crippen LogP contribution < -0.4 is 11.6 Å². The predicted molar refractivity (Wildman–Crippen MR) is 134 cm³/mol. The van der Waals surface area contributed by atoms with E-state index in [9.17, 15) is 5.11 Å². The summed E-state index contributed by atoms with van der Waals surface area (Å²) in [6.45, 7) is 8.14. The van der Waals surface area contributed by atoms with Crippen LogP contribution in [0, 0.1) is 5.92 Å². The molecule has 3 aromatic rings. The summed E-state index contributed by atoms with van der Waals surface area (Å²) < 4.78 is 7.99. The van der Waals surface area contributed by atoms with Crippen LogP contribution >= 0.6 is 0 Å². The van der Waals surface area contributed by atoms with Gasteiger partial charge >= 0.3 is 0 Å².